The molecule has 1 heterocycles. The maximum absolute atomic E-state index is 12.9. The van der Waals surface area contributed by atoms with E-state index in [0.717, 1.165) is 37.7 Å². The zero-order chi connectivity index (χ0) is 13.3. The molecule has 1 saturated carbocycles. The van der Waals surface area contributed by atoms with Crippen LogP contribution in [0.25, 0.3) is 0 Å². The standard InChI is InChI=1S/C16H21FO2/c17-15-6-4-12(5-7-15)10-13-2-1-3-14-11-19-9-8-16(13,14)18/h4-7,13-14,18H,1-3,8-11H2/t13-,14-,16-/m0/s1. The van der Waals surface area contributed by atoms with Crippen LogP contribution in [0.15, 0.2) is 24.3 Å². The van der Waals surface area contributed by atoms with Gasteiger partial charge in [-0.2, -0.15) is 0 Å². The summed E-state index contributed by atoms with van der Waals surface area (Å²) in [5.74, 6) is 0.358. The summed E-state index contributed by atoms with van der Waals surface area (Å²) >= 11 is 0. The van der Waals surface area contributed by atoms with E-state index in [9.17, 15) is 9.50 Å². The molecule has 3 atom stereocenters. The molecule has 0 amide bonds. The van der Waals surface area contributed by atoms with Crippen molar-refractivity contribution in [2.24, 2.45) is 11.8 Å². The number of fused-ring (bicyclic) bond motifs is 1. The first kappa shape index (κ1) is 13.1. The minimum Gasteiger partial charge on any atom is -0.389 e. The third kappa shape index (κ3) is 2.54. The third-order valence-electron chi connectivity index (χ3n) is 4.88. The van der Waals surface area contributed by atoms with E-state index in [1.165, 1.54) is 12.1 Å². The second-order valence-corrected chi connectivity index (χ2v) is 5.97. The molecule has 3 heteroatoms. The molecule has 0 radical (unpaired) electrons. The van der Waals surface area contributed by atoms with Crippen molar-refractivity contribution in [1.82, 2.24) is 0 Å². The molecule has 1 aliphatic carbocycles. The van der Waals surface area contributed by atoms with Crippen LogP contribution in [0, 0.1) is 17.7 Å². The monoisotopic (exact) mass is 264 g/mol. The molecule has 1 aliphatic heterocycles. The Hall–Kier alpha value is -0.930. The summed E-state index contributed by atoms with van der Waals surface area (Å²) < 4.78 is 18.5. The Kier molecular flexibility index (Phi) is 3.59. The topological polar surface area (TPSA) is 29.5 Å². The summed E-state index contributed by atoms with van der Waals surface area (Å²) in [7, 11) is 0. The molecule has 0 spiro atoms. The number of benzene rings is 1. The normalized spacial score (nSPS) is 34.8. The van der Waals surface area contributed by atoms with Gasteiger partial charge in [-0.05, 0) is 42.9 Å². The smallest absolute Gasteiger partial charge is 0.123 e. The van der Waals surface area contributed by atoms with Crippen molar-refractivity contribution in [3.05, 3.63) is 35.6 Å². The van der Waals surface area contributed by atoms with Crippen LogP contribution in [0.1, 0.15) is 31.2 Å². The molecule has 1 aromatic carbocycles. The van der Waals surface area contributed by atoms with Gasteiger partial charge in [-0.25, -0.2) is 4.39 Å². The summed E-state index contributed by atoms with van der Waals surface area (Å²) in [4.78, 5) is 0. The van der Waals surface area contributed by atoms with Gasteiger partial charge in [-0.15, -0.1) is 0 Å². The first-order chi connectivity index (χ1) is 9.18. The van der Waals surface area contributed by atoms with Gasteiger partial charge < -0.3 is 9.84 Å². The highest BCUT2D eigenvalue weighted by Crippen LogP contribution is 2.44. The fourth-order valence-corrected chi connectivity index (χ4v) is 3.72. The Morgan fingerprint density at radius 1 is 1.26 bits per heavy atom. The zero-order valence-electron chi connectivity index (χ0n) is 11.1. The van der Waals surface area contributed by atoms with Crippen molar-refractivity contribution in [2.75, 3.05) is 13.2 Å². The van der Waals surface area contributed by atoms with E-state index >= 15 is 0 Å². The Balaban J connectivity index is 1.77. The number of rotatable bonds is 2. The van der Waals surface area contributed by atoms with Gasteiger partial charge in [-0.3, -0.25) is 0 Å². The average molecular weight is 264 g/mol. The molecule has 1 N–H and O–H groups in total. The molecule has 104 valence electrons. The number of hydrogen-bond acceptors (Lipinski definition) is 2. The van der Waals surface area contributed by atoms with Crippen LogP contribution in [0.4, 0.5) is 4.39 Å². The van der Waals surface area contributed by atoms with Gasteiger partial charge in [0.15, 0.2) is 0 Å². The third-order valence-corrected chi connectivity index (χ3v) is 4.88. The van der Waals surface area contributed by atoms with E-state index in [-0.39, 0.29) is 17.7 Å². The van der Waals surface area contributed by atoms with Crippen molar-refractivity contribution in [1.29, 1.82) is 0 Å². The van der Waals surface area contributed by atoms with Crippen LogP contribution in [0.3, 0.4) is 0 Å². The molecule has 2 fully saturated rings. The summed E-state index contributed by atoms with van der Waals surface area (Å²) in [6.45, 7) is 1.35. The molecule has 1 saturated heterocycles. The molecule has 0 bridgehead atoms. The lowest BCUT2D eigenvalue weighted by Gasteiger charge is -2.48. The van der Waals surface area contributed by atoms with Gasteiger partial charge in [0.05, 0.1) is 12.2 Å². The van der Waals surface area contributed by atoms with Crippen LogP contribution in [-0.2, 0) is 11.2 Å². The summed E-state index contributed by atoms with van der Waals surface area (Å²) in [5.41, 5.74) is 0.539. The Morgan fingerprint density at radius 3 is 2.84 bits per heavy atom. The van der Waals surface area contributed by atoms with E-state index in [1.54, 1.807) is 0 Å². The van der Waals surface area contributed by atoms with Gasteiger partial charge in [-0.1, -0.05) is 18.6 Å². The molecule has 0 aromatic heterocycles. The van der Waals surface area contributed by atoms with Crippen LogP contribution in [0.2, 0.25) is 0 Å². The molecular weight excluding hydrogens is 243 g/mol. The predicted molar refractivity (Wildman–Crippen MR) is 71.3 cm³/mol. The summed E-state index contributed by atoms with van der Waals surface area (Å²) in [6, 6.07) is 6.68. The van der Waals surface area contributed by atoms with Crippen LogP contribution < -0.4 is 0 Å². The van der Waals surface area contributed by atoms with Crippen molar-refractivity contribution < 1.29 is 14.2 Å². The molecule has 2 nitrogen and oxygen atoms in total. The van der Waals surface area contributed by atoms with Crippen molar-refractivity contribution >= 4 is 0 Å². The summed E-state index contributed by atoms with van der Waals surface area (Å²) in [6.07, 6.45) is 4.86. The van der Waals surface area contributed by atoms with Gasteiger partial charge in [0.2, 0.25) is 0 Å². The van der Waals surface area contributed by atoms with E-state index in [0.29, 0.717) is 13.2 Å². The van der Waals surface area contributed by atoms with Gasteiger partial charge in [0.1, 0.15) is 5.82 Å². The minimum atomic E-state index is -0.578. The van der Waals surface area contributed by atoms with Gasteiger partial charge >= 0.3 is 0 Å². The summed E-state index contributed by atoms with van der Waals surface area (Å²) in [5, 5.41) is 11.0. The highest BCUT2D eigenvalue weighted by molar-refractivity contribution is 5.18. The molecule has 2 aliphatic rings. The second kappa shape index (κ2) is 5.22. The average Bonchev–Trinajstić information content (AvgIpc) is 2.42. The van der Waals surface area contributed by atoms with Crippen LogP contribution >= 0.6 is 0 Å². The Labute approximate surface area is 113 Å². The fraction of sp³-hybridized carbons (Fsp3) is 0.625. The van der Waals surface area contributed by atoms with Crippen molar-refractivity contribution in [3.63, 3.8) is 0 Å². The largest absolute Gasteiger partial charge is 0.389 e. The maximum atomic E-state index is 12.9. The zero-order valence-corrected chi connectivity index (χ0v) is 11.1. The molecule has 1 aromatic rings. The van der Waals surface area contributed by atoms with Gasteiger partial charge in [0, 0.05) is 18.9 Å². The number of halogens is 1. The lowest BCUT2D eigenvalue weighted by atomic mass is 9.64. The molecular formula is C16H21FO2. The SMILES string of the molecule is O[C@]12CCOC[C@@H]1CCC[C@H]2Cc1ccc(F)cc1. The van der Waals surface area contributed by atoms with Crippen LogP contribution in [0.5, 0.6) is 0 Å². The van der Waals surface area contributed by atoms with Crippen molar-refractivity contribution in [3.8, 4) is 0 Å². The van der Waals surface area contributed by atoms with Gasteiger partial charge in [0.25, 0.3) is 0 Å². The number of hydrogen-bond donors (Lipinski definition) is 1. The highest BCUT2D eigenvalue weighted by atomic mass is 19.1. The molecule has 19 heavy (non-hydrogen) atoms. The Bertz CT molecular complexity index is 429. The van der Waals surface area contributed by atoms with E-state index < -0.39 is 5.60 Å². The quantitative estimate of drug-likeness (QED) is 0.890. The predicted octanol–water partition coefficient (Wildman–Crippen LogP) is 2.94. The highest BCUT2D eigenvalue weighted by Gasteiger charge is 2.47. The van der Waals surface area contributed by atoms with Crippen molar-refractivity contribution in [2.45, 2.75) is 37.7 Å². The molecule has 0 unspecified atom stereocenters. The minimum absolute atomic E-state index is 0.199. The van der Waals surface area contributed by atoms with E-state index in [2.05, 4.69) is 0 Å². The first-order valence-electron chi connectivity index (χ1n) is 7.23. The van der Waals surface area contributed by atoms with Crippen LogP contribution in [-0.4, -0.2) is 23.9 Å². The maximum Gasteiger partial charge on any atom is 0.123 e. The lowest BCUT2D eigenvalue weighted by molar-refractivity contribution is -0.162. The number of aliphatic hydroxyl groups is 1. The van der Waals surface area contributed by atoms with E-state index in [1.807, 2.05) is 12.1 Å². The second-order valence-electron chi connectivity index (χ2n) is 5.97. The molecule has 3 rings (SSSR count). The Morgan fingerprint density at radius 2 is 2.05 bits per heavy atom. The lowest BCUT2D eigenvalue weighted by Crippen LogP contribution is -2.53. The first-order valence-corrected chi connectivity index (χ1v) is 7.23. The van der Waals surface area contributed by atoms with E-state index in [4.69, 9.17) is 4.74 Å². The number of ether oxygens (including phenoxy) is 1. The fourth-order valence-electron chi connectivity index (χ4n) is 3.72.